The van der Waals surface area contributed by atoms with Crippen molar-refractivity contribution in [1.29, 1.82) is 0 Å². The maximum absolute atomic E-state index is 12.7. The van der Waals surface area contributed by atoms with Gasteiger partial charge in [0.05, 0.1) is 12.7 Å². The number of nitrogens with one attached hydrogen (secondary N) is 1. The van der Waals surface area contributed by atoms with Crippen LogP contribution in [0.5, 0.6) is 5.75 Å². The molecule has 0 bridgehead atoms. The number of carbonyl (C=O) groups excluding carboxylic acids is 1. The number of ether oxygens (including phenoxy) is 2. The minimum atomic E-state index is -0.117. The average Bonchev–Trinajstić information content (AvgIpc) is 2.83. The summed E-state index contributed by atoms with van der Waals surface area (Å²) in [6, 6.07) is 27.7. The van der Waals surface area contributed by atoms with Crippen molar-refractivity contribution in [1.82, 2.24) is 10.2 Å². The Morgan fingerprint density at radius 2 is 1.71 bits per heavy atom. The van der Waals surface area contributed by atoms with E-state index in [0.29, 0.717) is 31.1 Å². The molecule has 5 nitrogen and oxygen atoms in total. The van der Waals surface area contributed by atoms with E-state index in [1.54, 1.807) is 12.1 Å². The van der Waals surface area contributed by atoms with Gasteiger partial charge in [-0.2, -0.15) is 0 Å². The van der Waals surface area contributed by atoms with Gasteiger partial charge >= 0.3 is 0 Å². The van der Waals surface area contributed by atoms with E-state index >= 15 is 0 Å². The van der Waals surface area contributed by atoms with Crippen LogP contribution in [0.15, 0.2) is 84.9 Å². The predicted octanol–water partition coefficient (Wildman–Crippen LogP) is 3.90. The third-order valence-corrected chi connectivity index (χ3v) is 5.31. The van der Waals surface area contributed by atoms with E-state index in [4.69, 9.17) is 9.47 Å². The Morgan fingerprint density at radius 3 is 2.48 bits per heavy atom. The molecule has 1 atom stereocenters. The number of nitrogens with zero attached hydrogens (tertiary/aromatic N) is 1. The highest BCUT2D eigenvalue weighted by Gasteiger charge is 2.21. The van der Waals surface area contributed by atoms with Gasteiger partial charge < -0.3 is 14.8 Å². The molecule has 3 aromatic carbocycles. The van der Waals surface area contributed by atoms with Gasteiger partial charge in [0.2, 0.25) is 0 Å². The van der Waals surface area contributed by atoms with E-state index in [0.717, 1.165) is 25.2 Å². The van der Waals surface area contributed by atoms with Crippen LogP contribution in [0.4, 0.5) is 0 Å². The zero-order valence-electron chi connectivity index (χ0n) is 17.6. The molecular weight excluding hydrogens is 388 g/mol. The summed E-state index contributed by atoms with van der Waals surface area (Å²) in [5, 5.41) is 3.01. The lowest BCUT2D eigenvalue weighted by Crippen LogP contribution is -2.47. The third kappa shape index (κ3) is 6.41. The Hall–Kier alpha value is -3.15. The first-order valence-electron chi connectivity index (χ1n) is 10.7. The molecule has 1 fully saturated rings. The van der Waals surface area contributed by atoms with Crippen LogP contribution < -0.4 is 10.1 Å². The van der Waals surface area contributed by atoms with Crippen LogP contribution >= 0.6 is 0 Å². The first-order valence-corrected chi connectivity index (χ1v) is 10.7. The second-order valence-corrected chi connectivity index (χ2v) is 7.73. The van der Waals surface area contributed by atoms with Crippen molar-refractivity contribution < 1.29 is 14.3 Å². The van der Waals surface area contributed by atoms with Crippen molar-refractivity contribution in [2.24, 2.45) is 0 Å². The molecule has 0 saturated carbocycles. The van der Waals surface area contributed by atoms with E-state index in [1.807, 2.05) is 48.5 Å². The summed E-state index contributed by atoms with van der Waals surface area (Å²) in [5.74, 6) is 0.563. The lowest BCUT2D eigenvalue weighted by Gasteiger charge is -2.33. The highest BCUT2D eigenvalue weighted by Crippen LogP contribution is 2.16. The zero-order valence-corrected chi connectivity index (χ0v) is 17.6. The summed E-state index contributed by atoms with van der Waals surface area (Å²) < 4.78 is 11.7. The number of amides is 1. The van der Waals surface area contributed by atoms with Crippen LogP contribution in [-0.4, -0.2) is 43.2 Å². The molecule has 1 N–H and O–H groups in total. The van der Waals surface area contributed by atoms with E-state index in [1.165, 1.54) is 5.56 Å². The number of morpholine rings is 1. The van der Waals surface area contributed by atoms with Crippen LogP contribution in [-0.2, 0) is 17.9 Å². The Morgan fingerprint density at radius 1 is 0.968 bits per heavy atom. The van der Waals surface area contributed by atoms with Crippen LogP contribution in [0, 0.1) is 0 Å². The molecule has 1 unspecified atom stereocenters. The fourth-order valence-corrected chi connectivity index (χ4v) is 3.67. The van der Waals surface area contributed by atoms with Crippen LogP contribution in [0.3, 0.4) is 0 Å². The van der Waals surface area contributed by atoms with Crippen molar-refractivity contribution in [3.63, 3.8) is 0 Å². The van der Waals surface area contributed by atoms with E-state index in [2.05, 4.69) is 34.5 Å². The summed E-state index contributed by atoms with van der Waals surface area (Å²) in [7, 11) is 0. The third-order valence-electron chi connectivity index (χ3n) is 5.31. The van der Waals surface area contributed by atoms with Crippen LogP contribution in [0.25, 0.3) is 0 Å². The van der Waals surface area contributed by atoms with Crippen molar-refractivity contribution >= 4 is 5.91 Å². The maximum Gasteiger partial charge on any atom is 0.251 e. The van der Waals surface area contributed by atoms with Gasteiger partial charge in [-0.3, -0.25) is 9.69 Å². The van der Waals surface area contributed by atoms with E-state index in [9.17, 15) is 4.79 Å². The summed E-state index contributed by atoms with van der Waals surface area (Å²) in [4.78, 5) is 15.0. The van der Waals surface area contributed by atoms with E-state index in [-0.39, 0.29) is 12.0 Å². The van der Waals surface area contributed by atoms with Crippen molar-refractivity contribution in [2.75, 3.05) is 26.2 Å². The smallest absolute Gasteiger partial charge is 0.251 e. The summed E-state index contributed by atoms with van der Waals surface area (Å²) in [6.45, 7) is 4.24. The molecule has 0 spiro atoms. The van der Waals surface area contributed by atoms with Gasteiger partial charge in [0, 0.05) is 31.7 Å². The monoisotopic (exact) mass is 416 g/mol. The molecule has 1 aliphatic rings. The topological polar surface area (TPSA) is 50.8 Å². The molecule has 160 valence electrons. The highest BCUT2D eigenvalue weighted by atomic mass is 16.5. The first-order chi connectivity index (χ1) is 15.3. The Bertz CT molecular complexity index is 963. The second kappa shape index (κ2) is 10.8. The molecule has 31 heavy (non-hydrogen) atoms. The molecular formula is C26H28N2O3. The van der Waals surface area contributed by atoms with E-state index < -0.39 is 0 Å². The van der Waals surface area contributed by atoms with Gasteiger partial charge in [0.25, 0.3) is 5.91 Å². The average molecular weight is 417 g/mol. The molecule has 0 aliphatic carbocycles. The normalized spacial score (nSPS) is 16.6. The van der Waals surface area contributed by atoms with Gasteiger partial charge in [-0.15, -0.1) is 0 Å². The number of benzene rings is 3. The molecule has 1 saturated heterocycles. The number of hydrogen-bond acceptors (Lipinski definition) is 4. The minimum absolute atomic E-state index is 0.0149. The number of carbonyl (C=O) groups is 1. The molecule has 3 aromatic rings. The van der Waals surface area contributed by atoms with Crippen LogP contribution in [0.1, 0.15) is 21.5 Å². The van der Waals surface area contributed by atoms with Crippen molar-refractivity contribution in [2.45, 2.75) is 19.3 Å². The van der Waals surface area contributed by atoms with Gasteiger partial charge in [0.15, 0.2) is 0 Å². The fourth-order valence-electron chi connectivity index (χ4n) is 3.67. The van der Waals surface area contributed by atoms with Gasteiger partial charge in [-0.1, -0.05) is 66.7 Å². The summed E-state index contributed by atoms with van der Waals surface area (Å²) in [6.07, 6.45) is -0.0149. The Kier molecular flexibility index (Phi) is 7.32. The number of hydrogen-bond donors (Lipinski definition) is 1. The summed E-state index contributed by atoms with van der Waals surface area (Å²) in [5.41, 5.74) is 2.97. The van der Waals surface area contributed by atoms with Crippen LogP contribution in [0.2, 0.25) is 0 Å². The quantitative estimate of drug-likeness (QED) is 0.605. The van der Waals surface area contributed by atoms with Gasteiger partial charge in [0.1, 0.15) is 12.4 Å². The Labute approximate surface area is 183 Å². The second-order valence-electron chi connectivity index (χ2n) is 7.73. The lowest BCUT2D eigenvalue weighted by molar-refractivity contribution is -0.0292. The van der Waals surface area contributed by atoms with Gasteiger partial charge in [-0.25, -0.2) is 0 Å². The SMILES string of the molecule is O=C(NCC1CN(Cc2ccccc2)CCO1)c1cccc(OCc2ccccc2)c1. The molecule has 5 heteroatoms. The molecule has 1 heterocycles. The predicted molar refractivity (Wildman–Crippen MR) is 121 cm³/mol. The maximum atomic E-state index is 12.7. The molecule has 0 radical (unpaired) electrons. The largest absolute Gasteiger partial charge is 0.489 e. The Balaban J connectivity index is 1.26. The minimum Gasteiger partial charge on any atom is -0.489 e. The highest BCUT2D eigenvalue weighted by molar-refractivity contribution is 5.94. The molecule has 4 rings (SSSR count). The number of rotatable bonds is 8. The zero-order chi connectivity index (χ0) is 21.3. The van der Waals surface area contributed by atoms with Gasteiger partial charge in [-0.05, 0) is 29.3 Å². The fraction of sp³-hybridized carbons (Fsp3) is 0.269. The van der Waals surface area contributed by atoms with Crippen molar-refractivity contribution in [3.8, 4) is 5.75 Å². The first kappa shape index (κ1) is 21.1. The lowest BCUT2D eigenvalue weighted by atomic mass is 10.1. The molecule has 1 amide bonds. The standard InChI is InChI=1S/C26H28N2O3/c29-26(23-12-7-13-24(16-23)31-20-22-10-5-2-6-11-22)27-17-25-19-28(14-15-30-25)18-21-8-3-1-4-9-21/h1-13,16,25H,14-15,17-20H2,(H,27,29). The molecule has 0 aromatic heterocycles. The summed E-state index contributed by atoms with van der Waals surface area (Å²) >= 11 is 0. The van der Waals surface area contributed by atoms with Crippen molar-refractivity contribution in [3.05, 3.63) is 102 Å². The molecule has 1 aliphatic heterocycles.